The minimum Gasteiger partial charge on any atom is -0.379 e. The Labute approximate surface area is 93.5 Å². The molecule has 2 atom stereocenters. The maximum atomic E-state index is 5.95. The molecule has 0 aliphatic carbocycles. The summed E-state index contributed by atoms with van der Waals surface area (Å²) in [5.74, 6) is 0.706. The van der Waals surface area contributed by atoms with Crippen molar-refractivity contribution in [2.45, 2.75) is 45.8 Å². The fourth-order valence-electron chi connectivity index (χ4n) is 1.71. The van der Waals surface area contributed by atoms with Gasteiger partial charge in [0.2, 0.25) is 0 Å². The highest BCUT2D eigenvalue weighted by Crippen LogP contribution is 2.12. The lowest BCUT2D eigenvalue weighted by Gasteiger charge is -2.21. The van der Waals surface area contributed by atoms with Gasteiger partial charge < -0.3 is 14.8 Å². The molecule has 1 aliphatic heterocycles. The van der Waals surface area contributed by atoms with Gasteiger partial charge in [-0.2, -0.15) is 0 Å². The van der Waals surface area contributed by atoms with Crippen LogP contribution in [0.5, 0.6) is 0 Å². The fraction of sp³-hybridized carbons (Fsp3) is 1.00. The molecular formula is C12H25NO2. The largest absolute Gasteiger partial charge is 0.379 e. The molecule has 1 N–H and O–H groups in total. The van der Waals surface area contributed by atoms with Crippen molar-refractivity contribution in [3.8, 4) is 0 Å². The number of hydrogen-bond donors (Lipinski definition) is 1. The van der Waals surface area contributed by atoms with Gasteiger partial charge in [-0.15, -0.1) is 0 Å². The summed E-state index contributed by atoms with van der Waals surface area (Å²) in [6.45, 7) is 10.3. The Kier molecular flexibility index (Phi) is 6.22. The monoisotopic (exact) mass is 215 g/mol. The zero-order chi connectivity index (χ0) is 11.1. The lowest BCUT2D eigenvalue weighted by Crippen LogP contribution is -2.34. The average molecular weight is 215 g/mol. The van der Waals surface area contributed by atoms with Crippen molar-refractivity contribution < 1.29 is 9.47 Å². The molecule has 0 spiro atoms. The van der Waals surface area contributed by atoms with Crippen LogP contribution in [0, 0.1) is 5.92 Å². The van der Waals surface area contributed by atoms with Crippen LogP contribution in [-0.4, -0.2) is 38.5 Å². The highest BCUT2D eigenvalue weighted by atomic mass is 16.5. The number of ether oxygens (including phenoxy) is 2. The maximum Gasteiger partial charge on any atom is 0.0834 e. The SMILES string of the molecule is CCC(CNCC(C)C)OC1CCOC1. The van der Waals surface area contributed by atoms with Crippen molar-refractivity contribution in [2.24, 2.45) is 5.92 Å². The minimum absolute atomic E-state index is 0.329. The Bertz CT molecular complexity index is 156. The van der Waals surface area contributed by atoms with Gasteiger partial charge in [-0.25, -0.2) is 0 Å². The van der Waals surface area contributed by atoms with Crippen LogP contribution < -0.4 is 5.32 Å². The molecule has 0 aromatic rings. The molecule has 1 fully saturated rings. The molecule has 0 bridgehead atoms. The second kappa shape index (κ2) is 7.20. The molecule has 3 nitrogen and oxygen atoms in total. The van der Waals surface area contributed by atoms with Gasteiger partial charge in [0.05, 0.1) is 18.8 Å². The molecule has 1 heterocycles. The second-order valence-electron chi connectivity index (χ2n) is 4.70. The molecule has 15 heavy (non-hydrogen) atoms. The van der Waals surface area contributed by atoms with E-state index in [4.69, 9.17) is 9.47 Å². The van der Waals surface area contributed by atoms with Gasteiger partial charge in [0.25, 0.3) is 0 Å². The van der Waals surface area contributed by atoms with Gasteiger partial charge in [0, 0.05) is 13.2 Å². The molecule has 1 rings (SSSR count). The number of hydrogen-bond acceptors (Lipinski definition) is 3. The van der Waals surface area contributed by atoms with E-state index in [1.807, 2.05) is 0 Å². The van der Waals surface area contributed by atoms with E-state index in [1.54, 1.807) is 0 Å². The highest BCUT2D eigenvalue weighted by Gasteiger charge is 2.19. The van der Waals surface area contributed by atoms with Gasteiger partial charge in [-0.3, -0.25) is 0 Å². The summed E-state index contributed by atoms with van der Waals surface area (Å²) in [7, 11) is 0. The van der Waals surface area contributed by atoms with Gasteiger partial charge >= 0.3 is 0 Å². The molecule has 90 valence electrons. The molecule has 1 saturated heterocycles. The standard InChI is InChI=1S/C12H25NO2/c1-4-11(8-13-7-10(2)3)15-12-5-6-14-9-12/h10-13H,4-9H2,1-3H3. The average Bonchev–Trinajstić information content (AvgIpc) is 2.68. The van der Waals surface area contributed by atoms with E-state index >= 15 is 0 Å². The molecular weight excluding hydrogens is 190 g/mol. The van der Waals surface area contributed by atoms with Gasteiger partial charge in [-0.05, 0) is 25.3 Å². The van der Waals surface area contributed by atoms with Crippen LogP contribution in [0.4, 0.5) is 0 Å². The third-order valence-electron chi connectivity index (χ3n) is 2.65. The molecule has 2 unspecified atom stereocenters. The van der Waals surface area contributed by atoms with Crippen LogP contribution in [0.15, 0.2) is 0 Å². The fourth-order valence-corrected chi connectivity index (χ4v) is 1.71. The lowest BCUT2D eigenvalue weighted by atomic mass is 10.2. The van der Waals surface area contributed by atoms with Crippen molar-refractivity contribution in [2.75, 3.05) is 26.3 Å². The van der Waals surface area contributed by atoms with E-state index in [0.717, 1.165) is 39.1 Å². The molecule has 0 aromatic carbocycles. The summed E-state index contributed by atoms with van der Waals surface area (Å²) in [5.41, 5.74) is 0. The normalized spacial score (nSPS) is 23.6. The van der Waals surface area contributed by atoms with Crippen molar-refractivity contribution in [3.05, 3.63) is 0 Å². The summed E-state index contributed by atoms with van der Waals surface area (Å²) in [6, 6.07) is 0. The van der Waals surface area contributed by atoms with Crippen molar-refractivity contribution in [1.29, 1.82) is 0 Å². The molecule has 1 aliphatic rings. The van der Waals surface area contributed by atoms with Crippen LogP contribution in [0.2, 0.25) is 0 Å². The zero-order valence-electron chi connectivity index (χ0n) is 10.3. The molecule has 0 radical (unpaired) electrons. The smallest absolute Gasteiger partial charge is 0.0834 e. The molecule has 0 aromatic heterocycles. The van der Waals surface area contributed by atoms with Crippen LogP contribution in [0.25, 0.3) is 0 Å². The summed E-state index contributed by atoms with van der Waals surface area (Å²) in [4.78, 5) is 0. The van der Waals surface area contributed by atoms with E-state index in [9.17, 15) is 0 Å². The lowest BCUT2D eigenvalue weighted by molar-refractivity contribution is -0.0165. The van der Waals surface area contributed by atoms with Crippen LogP contribution in [-0.2, 0) is 9.47 Å². The highest BCUT2D eigenvalue weighted by molar-refractivity contribution is 4.68. The first-order valence-corrected chi connectivity index (χ1v) is 6.16. The van der Waals surface area contributed by atoms with E-state index in [2.05, 4.69) is 26.1 Å². The zero-order valence-corrected chi connectivity index (χ0v) is 10.3. The first-order valence-electron chi connectivity index (χ1n) is 6.16. The Morgan fingerprint density at radius 3 is 2.73 bits per heavy atom. The summed E-state index contributed by atoms with van der Waals surface area (Å²) in [6.07, 6.45) is 2.80. The summed E-state index contributed by atoms with van der Waals surface area (Å²) < 4.78 is 11.3. The maximum absolute atomic E-state index is 5.95. The predicted octanol–water partition coefficient (Wildman–Crippen LogP) is 1.82. The summed E-state index contributed by atoms with van der Waals surface area (Å²) >= 11 is 0. The predicted molar refractivity (Wildman–Crippen MR) is 62.1 cm³/mol. The summed E-state index contributed by atoms with van der Waals surface area (Å²) in [5, 5.41) is 3.44. The Balaban J connectivity index is 2.11. The first-order chi connectivity index (χ1) is 7.22. The van der Waals surface area contributed by atoms with Gasteiger partial charge in [-0.1, -0.05) is 20.8 Å². The van der Waals surface area contributed by atoms with Gasteiger partial charge in [0.15, 0.2) is 0 Å². The van der Waals surface area contributed by atoms with E-state index in [0.29, 0.717) is 18.1 Å². The van der Waals surface area contributed by atoms with E-state index in [1.165, 1.54) is 0 Å². The van der Waals surface area contributed by atoms with Crippen LogP contribution >= 0.6 is 0 Å². The van der Waals surface area contributed by atoms with Crippen molar-refractivity contribution >= 4 is 0 Å². The minimum atomic E-state index is 0.329. The Morgan fingerprint density at radius 1 is 1.40 bits per heavy atom. The molecule has 0 saturated carbocycles. The van der Waals surface area contributed by atoms with E-state index < -0.39 is 0 Å². The Hall–Kier alpha value is -0.120. The second-order valence-corrected chi connectivity index (χ2v) is 4.70. The number of nitrogens with one attached hydrogen (secondary N) is 1. The van der Waals surface area contributed by atoms with Gasteiger partial charge in [0.1, 0.15) is 0 Å². The molecule has 3 heteroatoms. The third-order valence-corrected chi connectivity index (χ3v) is 2.65. The van der Waals surface area contributed by atoms with Crippen molar-refractivity contribution in [1.82, 2.24) is 5.32 Å². The van der Waals surface area contributed by atoms with Crippen LogP contribution in [0.3, 0.4) is 0 Å². The van der Waals surface area contributed by atoms with E-state index in [-0.39, 0.29) is 0 Å². The quantitative estimate of drug-likeness (QED) is 0.702. The topological polar surface area (TPSA) is 30.5 Å². The van der Waals surface area contributed by atoms with Crippen LogP contribution in [0.1, 0.15) is 33.6 Å². The Morgan fingerprint density at radius 2 is 2.20 bits per heavy atom. The first kappa shape index (κ1) is 12.9. The third kappa shape index (κ3) is 5.50. The number of rotatable bonds is 7. The molecule has 0 amide bonds. The van der Waals surface area contributed by atoms with Crippen molar-refractivity contribution in [3.63, 3.8) is 0 Å².